The zero-order chi connectivity index (χ0) is 14.4. The lowest BCUT2D eigenvalue weighted by Crippen LogP contribution is -2.20. The average Bonchev–Trinajstić information content (AvgIpc) is 2.45. The zero-order valence-corrected chi connectivity index (χ0v) is 11.3. The Bertz CT molecular complexity index is 582. The highest BCUT2D eigenvalue weighted by molar-refractivity contribution is 5.75. The van der Waals surface area contributed by atoms with Crippen LogP contribution in [0.4, 0.5) is 5.69 Å². The molecule has 5 nitrogen and oxygen atoms in total. The SMILES string of the molecule is Cc1ccc(CNc2cccc(OCC(N)=O)c2)cn1. The topological polar surface area (TPSA) is 77.2 Å². The number of anilines is 1. The Morgan fingerprint density at radius 2 is 2.20 bits per heavy atom. The highest BCUT2D eigenvalue weighted by atomic mass is 16.5. The molecule has 5 heteroatoms. The second-order valence-electron chi connectivity index (χ2n) is 4.44. The van der Waals surface area contributed by atoms with Gasteiger partial charge < -0.3 is 15.8 Å². The second kappa shape index (κ2) is 6.56. The fourth-order valence-electron chi connectivity index (χ4n) is 1.66. The predicted molar refractivity (Wildman–Crippen MR) is 77.4 cm³/mol. The molecule has 0 atom stereocenters. The molecule has 3 N–H and O–H groups in total. The highest BCUT2D eigenvalue weighted by Crippen LogP contribution is 2.17. The van der Waals surface area contributed by atoms with Crippen molar-refractivity contribution < 1.29 is 9.53 Å². The molecule has 0 bridgehead atoms. The van der Waals surface area contributed by atoms with Crippen molar-refractivity contribution in [1.29, 1.82) is 0 Å². The lowest BCUT2D eigenvalue weighted by Gasteiger charge is -2.09. The summed E-state index contributed by atoms with van der Waals surface area (Å²) in [6.07, 6.45) is 1.84. The molecule has 1 heterocycles. The molecule has 20 heavy (non-hydrogen) atoms. The van der Waals surface area contributed by atoms with Gasteiger partial charge in [0.25, 0.3) is 5.91 Å². The molecule has 0 spiro atoms. The molecule has 1 aromatic carbocycles. The number of aromatic nitrogens is 1. The van der Waals surface area contributed by atoms with Gasteiger partial charge in [-0.2, -0.15) is 0 Å². The van der Waals surface area contributed by atoms with Gasteiger partial charge in [-0.3, -0.25) is 9.78 Å². The third kappa shape index (κ3) is 4.28. The summed E-state index contributed by atoms with van der Waals surface area (Å²) in [5.41, 5.74) is 8.04. The van der Waals surface area contributed by atoms with Crippen molar-refractivity contribution >= 4 is 11.6 Å². The summed E-state index contributed by atoms with van der Waals surface area (Å²) in [5, 5.41) is 3.27. The number of nitrogens with zero attached hydrogens (tertiary/aromatic N) is 1. The Morgan fingerprint density at radius 3 is 2.90 bits per heavy atom. The molecule has 1 aromatic heterocycles. The Morgan fingerprint density at radius 1 is 1.35 bits per heavy atom. The second-order valence-corrected chi connectivity index (χ2v) is 4.44. The normalized spacial score (nSPS) is 10.1. The summed E-state index contributed by atoms with van der Waals surface area (Å²) >= 11 is 0. The maximum absolute atomic E-state index is 10.7. The number of hydrogen-bond acceptors (Lipinski definition) is 4. The zero-order valence-electron chi connectivity index (χ0n) is 11.3. The number of aryl methyl sites for hydroxylation is 1. The van der Waals surface area contributed by atoms with Crippen LogP contribution in [0.15, 0.2) is 42.6 Å². The molecule has 0 unspecified atom stereocenters. The maximum atomic E-state index is 10.7. The molecule has 0 saturated heterocycles. The minimum Gasteiger partial charge on any atom is -0.484 e. The van der Waals surface area contributed by atoms with Gasteiger partial charge in [0, 0.05) is 30.2 Å². The van der Waals surface area contributed by atoms with Crippen LogP contribution in [0.2, 0.25) is 0 Å². The molecule has 0 saturated carbocycles. The average molecular weight is 271 g/mol. The Balaban J connectivity index is 1.94. The molecule has 0 aliphatic rings. The van der Waals surface area contributed by atoms with Gasteiger partial charge >= 0.3 is 0 Å². The van der Waals surface area contributed by atoms with Crippen molar-refractivity contribution in [1.82, 2.24) is 4.98 Å². The van der Waals surface area contributed by atoms with Gasteiger partial charge in [0.05, 0.1) is 0 Å². The molecule has 104 valence electrons. The number of nitrogens with one attached hydrogen (secondary N) is 1. The number of ether oxygens (including phenoxy) is 1. The fraction of sp³-hybridized carbons (Fsp3) is 0.200. The summed E-state index contributed by atoms with van der Waals surface area (Å²) in [5.74, 6) is 0.116. The van der Waals surface area contributed by atoms with Gasteiger partial charge in [-0.1, -0.05) is 12.1 Å². The van der Waals surface area contributed by atoms with Gasteiger partial charge in [-0.05, 0) is 30.7 Å². The van der Waals surface area contributed by atoms with E-state index in [1.54, 1.807) is 6.07 Å². The Hall–Kier alpha value is -2.56. The first kappa shape index (κ1) is 13.9. The molecule has 0 aliphatic carbocycles. The molecule has 1 amide bonds. The monoisotopic (exact) mass is 271 g/mol. The van der Waals surface area contributed by atoms with E-state index in [1.165, 1.54) is 0 Å². The number of amides is 1. The number of carbonyl (C=O) groups excluding carboxylic acids is 1. The molecule has 0 fully saturated rings. The molecule has 2 aromatic rings. The minimum absolute atomic E-state index is 0.120. The first-order valence-electron chi connectivity index (χ1n) is 6.30. The van der Waals surface area contributed by atoms with E-state index in [0.29, 0.717) is 12.3 Å². The summed E-state index contributed by atoms with van der Waals surface area (Å²) < 4.78 is 5.25. The third-order valence-corrected chi connectivity index (χ3v) is 2.68. The number of pyridine rings is 1. The van der Waals surface area contributed by atoms with E-state index in [4.69, 9.17) is 10.5 Å². The van der Waals surface area contributed by atoms with Crippen molar-refractivity contribution in [2.75, 3.05) is 11.9 Å². The number of benzene rings is 1. The van der Waals surface area contributed by atoms with Crippen molar-refractivity contribution in [3.05, 3.63) is 53.9 Å². The summed E-state index contributed by atoms with van der Waals surface area (Å²) in [7, 11) is 0. The lowest BCUT2D eigenvalue weighted by molar-refractivity contribution is -0.119. The van der Waals surface area contributed by atoms with Gasteiger partial charge in [0.2, 0.25) is 0 Å². The van der Waals surface area contributed by atoms with E-state index in [1.807, 2.05) is 43.5 Å². The van der Waals surface area contributed by atoms with E-state index in [0.717, 1.165) is 16.9 Å². The van der Waals surface area contributed by atoms with E-state index >= 15 is 0 Å². The van der Waals surface area contributed by atoms with E-state index in [-0.39, 0.29) is 6.61 Å². The van der Waals surface area contributed by atoms with Crippen molar-refractivity contribution in [3.8, 4) is 5.75 Å². The molecule has 0 radical (unpaired) electrons. The highest BCUT2D eigenvalue weighted by Gasteiger charge is 2.00. The summed E-state index contributed by atoms with van der Waals surface area (Å²) in [6.45, 7) is 2.51. The van der Waals surface area contributed by atoms with Crippen LogP contribution in [-0.2, 0) is 11.3 Å². The van der Waals surface area contributed by atoms with Crippen LogP contribution in [0, 0.1) is 6.92 Å². The number of nitrogens with two attached hydrogens (primary N) is 1. The first-order chi connectivity index (χ1) is 9.63. The standard InChI is InChI=1S/C15H17N3O2/c1-11-5-6-12(8-17-11)9-18-13-3-2-4-14(7-13)20-10-15(16)19/h2-8,18H,9-10H2,1H3,(H2,16,19). The minimum atomic E-state index is -0.492. The molecule has 2 rings (SSSR count). The van der Waals surface area contributed by atoms with Gasteiger partial charge in [0.1, 0.15) is 5.75 Å². The van der Waals surface area contributed by atoms with Crippen LogP contribution in [0.25, 0.3) is 0 Å². The molecular weight excluding hydrogens is 254 g/mol. The van der Waals surface area contributed by atoms with Crippen molar-refractivity contribution in [2.24, 2.45) is 5.73 Å². The molecule has 0 aliphatic heterocycles. The van der Waals surface area contributed by atoms with Crippen LogP contribution in [-0.4, -0.2) is 17.5 Å². The van der Waals surface area contributed by atoms with Gasteiger partial charge in [0.15, 0.2) is 6.61 Å². The quantitative estimate of drug-likeness (QED) is 0.840. The number of rotatable bonds is 6. The van der Waals surface area contributed by atoms with Crippen LogP contribution in [0.5, 0.6) is 5.75 Å². The maximum Gasteiger partial charge on any atom is 0.255 e. The third-order valence-electron chi connectivity index (χ3n) is 2.68. The van der Waals surface area contributed by atoms with Crippen LogP contribution < -0.4 is 15.8 Å². The van der Waals surface area contributed by atoms with Crippen LogP contribution in [0.3, 0.4) is 0 Å². The Labute approximate surface area is 117 Å². The van der Waals surface area contributed by atoms with E-state index in [2.05, 4.69) is 10.3 Å². The van der Waals surface area contributed by atoms with Gasteiger partial charge in [-0.25, -0.2) is 0 Å². The first-order valence-corrected chi connectivity index (χ1v) is 6.30. The lowest BCUT2D eigenvalue weighted by atomic mass is 10.2. The number of primary amides is 1. The Kier molecular flexibility index (Phi) is 4.55. The molecular formula is C15H17N3O2. The van der Waals surface area contributed by atoms with Gasteiger partial charge in [-0.15, -0.1) is 0 Å². The smallest absolute Gasteiger partial charge is 0.255 e. The largest absolute Gasteiger partial charge is 0.484 e. The predicted octanol–water partition coefficient (Wildman–Crippen LogP) is 1.87. The number of carbonyl (C=O) groups is 1. The van der Waals surface area contributed by atoms with E-state index < -0.39 is 5.91 Å². The van der Waals surface area contributed by atoms with Crippen LogP contribution >= 0.6 is 0 Å². The number of hydrogen-bond donors (Lipinski definition) is 2. The summed E-state index contributed by atoms with van der Waals surface area (Å²) in [4.78, 5) is 14.9. The van der Waals surface area contributed by atoms with Crippen molar-refractivity contribution in [2.45, 2.75) is 13.5 Å². The fourth-order valence-corrected chi connectivity index (χ4v) is 1.66. The van der Waals surface area contributed by atoms with Crippen molar-refractivity contribution in [3.63, 3.8) is 0 Å². The van der Waals surface area contributed by atoms with Crippen LogP contribution in [0.1, 0.15) is 11.3 Å². The summed E-state index contributed by atoms with van der Waals surface area (Å²) in [6, 6.07) is 11.4. The van der Waals surface area contributed by atoms with E-state index in [9.17, 15) is 4.79 Å².